The lowest BCUT2D eigenvalue weighted by Gasteiger charge is -2.24. The summed E-state index contributed by atoms with van der Waals surface area (Å²) in [6.07, 6.45) is 6.41. The molecule has 0 saturated heterocycles. The van der Waals surface area contributed by atoms with E-state index in [9.17, 15) is 44.4 Å². The maximum Gasteiger partial charge on any atom is 0.317 e. The van der Waals surface area contributed by atoms with Crippen molar-refractivity contribution < 1.29 is 53.2 Å². The minimum atomic E-state index is -1.18. The van der Waals surface area contributed by atoms with E-state index in [1.807, 2.05) is 34.7 Å². The van der Waals surface area contributed by atoms with Gasteiger partial charge in [0.15, 0.2) is 0 Å². The lowest BCUT2D eigenvalue weighted by molar-refractivity contribution is -0.144. The molecule has 56 heavy (non-hydrogen) atoms. The number of aromatic nitrogens is 2. The summed E-state index contributed by atoms with van der Waals surface area (Å²) in [4.78, 5) is 72.2. The van der Waals surface area contributed by atoms with Crippen LogP contribution in [-0.2, 0) is 50.2 Å². The van der Waals surface area contributed by atoms with E-state index in [4.69, 9.17) is 18.8 Å². The molecule has 0 unspecified atom stereocenters. The molecule has 4 aromatic rings. The van der Waals surface area contributed by atoms with Crippen molar-refractivity contribution in [3.63, 3.8) is 0 Å². The Morgan fingerprint density at radius 2 is 0.982 bits per heavy atom. The molecule has 17 nitrogen and oxygen atoms in total. The van der Waals surface area contributed by atoms with Crippen LogP contribution in [0.15, 0.2) is 69.9 Å². The summed E-state index contributed by atoms with van der Waals surface area (Å²) in [7, 11) is 0. The van der Waals surface area contributed by atoms with Crippen molar-refractivity contribution in [2.75, 3.05) is 43.7 Å². The van der Waals surface area contributed by atoms with Gasteiger partial charge in [-0.3, -0.25) is 48.6 Å². The third kappa shape index (κ3) is 15.5. The van der Waals surface area contributed by atoms with E-state index in [-0.39, 0.29) is 19.0 Å². The Hall–Kier alpha value is -5.18. The number of alkyl halides is 1. The quantitative estimate of drug-likeness (QED) is 0.0340. The minimum Gasteiger partial charge on any atom is -0.480 e. The fraction of sp³-hybridized carbons (Fsp3) is 0.395. The summed E-state index contributed by atoms with van der Waals surface area (Å²) in [6, 6.07) is 14.2. The van der Waals surface area contributed by atoms with Crippen molar-refractivity contribution in [2.24, 2.45) is 0 Å². The van der Waals surface area contributed by atoms with Crippen LogP contribution in [0.3, 0.4) is 0 Å². The fourth-order valence-corrected chi connectivity index (χ4v) is 6.38. The summed E-state index contributed by atoms with van der Waals surface area (Å²) in [6.45, 7) is -0.312. The summed E-state index contributed by atoms with van der Waals surface area (Å²) < 4.78 is 11.7. The van der Waals surface area contributed by atoms with Crippen molar-refractivity contribution in [3.8, 4) is 22.6 Å². The van der Waals surface area contributed by atoms with E-state index in [1.165, 1.54) is 22.3 Å². The van der Waals surface area contributed by atoms with Gasteiger partial charge in [0.2, 0.25) is 5.91 Å². The number of halogens is 1. The molecule has 0 aliphatic heterocycles. The number of nitrogens with zero attached hydrogens (tertiary/aromatic N) is 5. The van der Waals surface area contributed by atoms with Crippen molar-refractivity contribution >= 4 is 52.4 Å². The number of aliphatic carboxylic acids is 4. The number of hydrogen-bond acceptors (Lipinski definition) is 12. The maximum atomic E-state index is 11.6. The van der Waals surface area contributed by atoms with Crippen LogP contribution < -0.4 is 5.32 Å². The molecule has 0 aliphatic rings. The number of carbonyl (C=O) groups excluding carboxylic acids is 1. The van der Waals surface area contributed by atoms with Gasteiger partial charge in [-0.15, -0.1) is 0 Å². The number of pyridine rings is 2. The van der Waals surface area contributed by atoms with Gasteiger partial charge in [0, 0.05) is 43.9 Å². The molecule has 4 heterocycles. The zero-order chi connectivity index (χ0) is 40.5. The largest absolute Gasteiger partial charge is 0.480 e. The smallest absolute Gasteiger partial charge is 0.317 e. The van der Waals surface area contributed by atoms with Crippen molar-refractivity contribution in [1.82, 2.24) is 30.0 Å². The number of furan rings is 2. The number of nitrogens with one attached hydrogen (secondary N) is 1. The second-order valence-corrected chi connectivity index (χ2v) is 13.9. The number of hydrogen-bond donors (Lipinski definition) is 5. The zero-order valence-corrected chi connectivity index (χ0v) is 32.8. The number of unbranched alkanes of at least 4 members (excludes halogenated alkanes) is 3. The molecule has 0 spiro atoms. The molecular weight excluding hydrogens is 843 g/mol. The molecular formula is C38H45IN6O11. The van der Waals surface area contributed by atoms with Gasteiger partial charge in [-0.2, -0.15) is 0 Å². The Kier molecular flexibility index (Phi) is 17.4. The Labute approximate surface area is 336 Å². The van der Waals surface area contributed by atoms with Gasteiger partial charge in [-0.1, -0.05) is 35.4 Å². The summed E-state index contributed by atoms with van der Waals surface area (Å²) in [5.41, 5.74) is 3.46. The molecule has 4 rings (SSSR count). The van der Waals surface area contributed by atoms with Crippen LogP contribution in [0.4, 0.5) is 0 Å². The predicted molar refractivity (Wildman–Crippen MR) is 209 cm³/mol. The highest BCUT2D eigenvalue weighted by Crippen LogP contribution is 2.26. The molecule has 4 aromatic heterocycles. The maximum absolute atomic E-state index is 11.6. The van der Waals surface area contributed by atoms with E-state index >= 15 is 0 Å². The van der Waals surface area contributed by atoms with Crippen molar-refractivity contribution in [1.29, 1.82) is 0 Å². The molecule has 5 N–H and O–H groups in total. The number of rotatable bonds is 26. The number of carboxylic acids is 4. The Bertz CT molecular complexity index is 1750. The Morgan fingerprint density at radius 1 is 0.589 bits per heavy atom. The van der Waals surface area contributed by atoms with Gasteiger partial charge in [0.1, 0.15) is 11.5 Å². The predicted octanol–water partition coefficient (Wildman–Crippen LogP) is 4.05. The second-order valence-electron chi connectivity index (χ2n) is 13.1. The van der Waals surface area contributed by atoms with Crippen LogP contribution in [0, 0.1) is 0 Å². The third-order valence-corrected chi connectivity index (χ3v) is 8.99. The minimum absolute atomic E-state index is 0.00727. The molecule has 300 valence electrons. The van der Waals surface area contributed by atoms with Gasteiger partial charge in [0.05, 0.1) is 65.9 Å². The van der Waals surface area contributed by atoms with E-state index in [0.29, 0.717) is 76.0 Å². The Balaban J connectivity index is 1.67. The Morgan fingerprint density at radius 3 is 1.34 bits per heavy atom. The third-order valence-electron chi connectivity index (χ3n) is 8.30. The lowest BCUT2D eigenvalue weighted by atomic mass is 10.1. The van der Waals surface area contributed by atoms with Crippen LogP contribution in [0.1, 0.15) is 48.5 Å². The van der Waals surface area contributed by atoms with E-state index in [0.717, 1.165) is 25.7 Å². The molecule has 0 fully saturated rings. The average molecular weight is 889 g/mol. The first-order chi connectivity index (χ1) is 26.9. The fourth-order valence-electron chi connectivity index (χ4n) is 6.11. The average Bonchev–Trinajstić information content (AvgIpc) is 3.86. The van der Waals surface area contributed by atoms with Gasteiger partial charge in [-0.05, 0) is 67.9 Å². The van der Waals surface area contributed by atoms with Crippen LogP contribution in [-0.4, -0.2) is 119 Å². The lowest BCUT2D eigenvalue weighted by Crippen LogP contribution is -2.34. The monoisotopic (exact) mass is 888 g/mol. The molecule has 0 saturated carbocycles. The first-order valence-electron chi connectivity index (χ1n) is 17.8. The second kappa shape index (κ2) is 22.4. The summed E-state index contributed by atoms with van der Waals surface area (Å²) in [5.74, 6) is -3.62. The standard InChI is InChI=1S/C38H45IN6O11/c39-17-34(46)40-9-3-1-2-4-10-43(18-28-13-26(32-7-5-11-55-32)15-30(41-28)20-44(22-35(47)48)23-36(49)50)19-29-14-27(33-8-6-12-56-33)16-31(42-29)21-45(24-37(51)52)25-38(53)54/h5-8,11-16H,1-4,9-10,17-25H2,(H,40,46)(H,47,48)(H,49,50)(H,51,52)(H,53,54). The number of amides is 1. The first-order valence-corrected chi connectivity index (χ1v) is 19.3. The van der Waals surface area contributed by atoms with Gasteiger partial charge >= 0.3 is 23.9 Å². The van der Waals surface area contributed by atoms with E-state index in [1.54, 1.807) is 36.4 Å². The number of carboxylic acid groups (broad SMARTS) is 4. The molecule has 0 atom stereocenters. The topological polar surface area (TPSA) is 240 Å². The van der Waals surface area contributed by atoms with Crippen molar-refractivity contribution in [2.45, 2.75) is 51.9 Å². The number of carbonyl (C=O) groups is 5. The van der Waals surface area contributed by atoms with Crippen molar-refractivity contribution in [3.05, 3.63) is 83.8 Å². The summed E-state index contributed by atoms with van der Waals surface area (Å²) >= 11 is 2.02. The normalized spacial score (nSPS) is 11.4. The highest BCUT2D eigenvalue weighted by atomic mass is 127. The van der Waals surface area contributed by atoms with Crippen LogP contribution in [0.25, 0.3) is 22.6 Å². The molecule has 0 aromatic carbocycles. The van der Waals surface area contributed by atoms with Crippen LogP contribution >= 0.6 is 22.6 Å². The van der Waals surface area contributed by atoms with Gasteiger partial charge in [0.25, 0.3) is 0 Å². The highest BCUT2D eigenvalue weighted by Gasteiger charge is 2.20. The SMILES string of the molecule is O=C(O)CN(CC(=O)O)Cc1cc(-c2ccco2)cc(CN(CCCCCCNC(=O)CI)Cc2cc(-c3ccco3)cc(CN(CC(=O)O)CC(=O)O)n2)n1. The first kappa shape index (κ1) is 43.5. The molecule has 0 aliphatic carbocycles. The van der Waals surface area contributed by atoms with Crippen LogP contribution in [0.5, 0.6) is 0 Å². The molecule has 0 radical (unpaired) electrons. The molecule has 0 bridgehead atoms. The zero-order valence-electron chi connectivity index (χ0n) is 30.6. The van der Waals surface area contributed by atoms with Crippen LogP contribution in [0.2, 0.25) is 0 Å². The highest BCUT2D eigenvalue weighted by molar-refractivity contribution is 14.1. The molecule has 18 heteroatoms. The van der Waals surface area contributed by atoms with Gasteiger partial charge in [-0.25, -0.2) is 0 Å². The van der Waals surface area contributed by atoms with Gasteiger partial charge < -0.3 is 34.6 Å². The van der Waals surface area contributed by atoms with E-state index < -0.39 is 50.1 Å². The summed E-state index contributed by atoms with van der Waals surface area (Å²) in [5, 5.41) is 40.7. The molecule has 1 amide bonds. The van der Waals surface area contributed by atoms with E-state index in [2.05, 4.69) is 10.2 Å².